The Morgan fingerprint density at radius 3 is 2.32 bits per heavy atom. The average Bonchev–Trinajstić information content (AvgIpc) is 2.43. The summed E-state index contributed by atoms with van der Waals surface area (Å²) in [7, 11) is 0. The summed E-state index contributed by atoms with van der Waals surface area (Å²) in [5, 5.41) is 8.90. The SMILES string of the molecule is Cc1ccc(C#N)cc1Oc1cc(C=O)ccc1C. The molecule has 3 heteroatoms. The summed E-state index contributed by atoms with van der Waals surface area (Å²) in [6.07, 6.45) is 0.783. The van der Waals surface area contributed by atoms with Gasteiger partial charge in [-0.15, -0.1) is 0 Å². The molecule has 0 saturated heterocycles. The van der Waals surface area contributed by atoms with Gasteiger partial charge in [-0.2, -0.15) is 5.26 Å². The van der Waals surface area contributed by atoms with Gasteiger partial charge in [0.25, 0.3) is 0 Å². The van der Waals surface area contributed by atoms with Gasteiger partial charge in [0.1, 0.15) is 17.8 Å². The number of hydrogen-bond acceptors (Lipinski definition) is 3. The third-order valence-corrected chi connectivity index (χ3v) is 2.89. The number of nitrogens with zero attached hydrogens (tertiary/aromatic N) is 1. The first-order chi connectivity index (χ1) is 9.13. The number of ether oxygens (including phenoxy) is 1. The fourth-order valence-corrected chi connectivity index (χ4v) is 1.70. The molecule has 0 saturated carbocycles. The molecule has 2 aromatic carbocycles. The Bertz CT molecular complexity index is 669. The number of carbonyl (C=O) groups excluding carboxylic acids is 1. The zero-order valence-corrected chi connectivity index (χ0v) is 10.8. The van der Waals surface area contributed by atoms with Crippen molar-refractivity contribution in [2.75, 3.05) is 0 Å². The van der Waals surface area contributed by atoms with E-state index in [9.17, 15) is 4.79 Å². The molecule has 2 rings (SSSR count). The quantitative estimate of drug-likeness (QED) is 0.780. The Labute approximate surface area is 112 Å². The third kappa shape index (κ3) is 2.80. The molecule has 3 nitrogen and oxygen atoms in total. The van der Waals surface area contributed by atoms with Crippen molar-refractivity contribution >= 4 is 6.29 Å². The highest BCUT2D eigenvalue weighted by molar-refractivity contribution is 5.76. The highest BCUT2D eigenvalue weighted by Crippen LogP contribution is 2.29. The van der Waals surface area contributed by atoms with Crippen molar-refractivity contribution in [2.24, 2.45) is 0 Å². The van der Waals surface area contributed by atoms with Crippen LogP contribution in [-0.2, 0) is 0 Å². The molecule has 0 aliphatic rings. The van der Waals surface area contributed by atoms with Crippen molar-refractivity contribution < 1.29 is 9.53 Å². The minimum Gasteiger partial charge on any atom is -0.457 e. The molecule has 0 fully saturated rings. The minimum absolute atomic E-state index is 0.546. The number of carbonyl (C=O) groups is 1. The fourth-order valence-electron chi connectivity index (χ4n) is 1.70. The van der Waals surface area contributed by atoms with Gasteiger partial charge in [0.05, 0.1) is 11.6 Å². The molecule has 0 spiro atoms. The van der Waals surface area contributed by atoms with Crippen molar-refractivity contribution in [3.63, 3.8) is 0 Å². The Hall–Kier alpha value is -2.60. The van der Waals surface area contributed by atoms with Gasteiger partial charge in [0.15, 0.2) is 0 Å². The Kier molecular flexibility index (Phi) is 3.63. The molecule has 0 radical (unpaired) electrons. The lowest BCUT2D eigenvalue weighted by Gasteiger charge is -2.11. The normalized spacial score (nSPS) is 9.74. The van der Waals surface area contributed by atoms with Crippen LogP contribution in [0.1, 0.15) is 27.0 Å². The first-order valence-electron chi connectivity index (χ1n) is 5.88. The van der Waals surface area contributed by atoms with Gasteiger partial charge in [-0.25, -0.2) is 0 Å². The summed E-state index contributed by atoms with van der Waals surface area (Å²) in [4.78, 5) is 10.8. The van der Waals surface area contributed by atoms with E-state index in [0.29, 0.717) is 22.6 Å². The van der Waals surface area contributed by atoms with Crippen molar-refractivity contribution in [3.05, 3.63) is 58.7 Å². The van der Waals surface area contributed by atoms with Crippen molar-refractivity contribution in [1.29, 1.82) is 5.26 Å². The zero-order valence-electron chi connectivity index (χ0n) is 10.8. The Balaban J connectivity index is 2.41. The van der Waals surface area contributed by atoms with Crippen LogP contribution in [0.5, 0.6) is 11.5 Å². The van der Waals surface area contributed by atoms with E-state index in [0.717, 1.165) is 17.4 Å². The van der Waals surface area contributed by atoms with E-state index >= 15 is 0 Å². The first-order valence-corrected chi connectivity index (χ1v) is 5.88. The van der Waals surface area contributed by atoms with E-state index < -0.39 is 0 Å². The van der Waals surface area contributed by atoms with Crippen LogP contribution in [0.25, 0.3) is 0 Å². The molecule has 0 aliphatic heterocycles. The molecule has 0 bridgehead atoms. The number of aryl methyl sites for hydroxylation is 2. The van der Waals surface area contributed by atoms with Crippen LogP contribution in [0.15, 0.2) is 36.4 Å². The lowest BCUT2D eigenvalue weighted by Crippen LogP contribution is -1.92. The molecule has 94 valence electrons. The van der Waals surface area contributed by atoms with Crippen LogP contribution in [-0.4, -0.2) is 6.29 Å². The molecular weight excluding hydrogens is 238 g/mol. The molecule has 0 unspecified atom stereocenters. The predicted octanol–water partition coefficient (Wildman–Crippen LogP) is 3.78. The second-order valence-electron chi connectivity index (χ2n) is 4.34. The lowest BCUT2D eigenvalue weighted by atomic mass is 10.1. The number of rotatable bonds is 3. The zero-order chi connectivity index (χ0) is 13.8. The summed E-state index contributed by atoms with van der Waals surface area (Å²) < 4.78 is 5.81. The summed E-state index contributed by atoms with van der Waals surface area (Å²) in [5.74, 6) is 1.26. The first kappa shape index (κ1) is 12.8. The van der Waals surface area contributed by atoms with E-state index in [1.807, 2.05) is 26.0 Å². The van der Waals surface area contributed by atoms with Crippen molar-refractivity contribution in [2.45, 2.75) is 13.8 Å². The average molecular weight is 251 g/mol. The highest BCUT2D eigenvalue weighted by Gasteiger charge is 2.06. The molecule has 19 heavy (non-hydrogen) atoms. The predicted molar refractivity (Wildman–Crippen MR) is 72.5 cm³/mol. The Morgan fingerprint density at radius 2 is 1.68 bits per heavy atom. The molecule has 0 N–H and O–H groups in total. The van der Waals surface area contributed by atoms with E-state index in [2.05, 4.69) is 6.07 Å². The smallest absolute Gasteiger partial charge is 0.150 e. The van der Waals surface area contributed by atoms with Crippen molar-refractivity contribution in [1.82, 2.24) is 0 Å². The minimum atomic E-state index is 0.546. The van der Waals surface area contributed by atoms with Crippen LogP contribution < -0.4 is 4.74 Å². The molecular formula is C16H13NO2. The molecule has 2 aromatic rings. The van der Waals surface area contributed by atoms with Crippen LogP contribution in [0.2, 0.25) is 0 Å². The lowest BCUT2D eigenvalue weighted by molar-refractivity contribution is 0.112. The van der Waals surface area contributed by atoms with E-state index in [4.69, 9.17) is 10.00 Å². The second-order valence-corrected chi connectivity index (χ2v) is 4.34. The number of aldehydes is 1. The highest BCUT2D eigenvalue weighted by atomic mass is 16.5. The maximum absolute atomic E-state index is 10.8. The number of nitriles is 1. The summed E-state index contributed by atoms with van der Waals surface area (Å²) in [6.45, 7) is 3.82. The van der Waals surface area contributed by atoms with E-state index in [1.165, 1.54) is 0 Å². The monoisotopic (exact) mass is 251 g/mol. The van der Waals surface area contributed by atoms with Gasteiger partial charge < -0.3 is 4.74 Å². The maximum Gasteiger partial charge on any atom is 0.150 e. The van der Waals surface area contributed by atoms with E-state index in [1.54, 1.807) is 24.3 Å². The van der Waals surface area contributed by atoms with Crippen LogP contribution in [0, 0.1) is 25.2 Å². The largest absolute Gasteiger partial charge is 0.457 e. The van der Waals surface area contributed by atoms with Crippen LogP contribution >= 0.6 is 0 Å². The summed E-state index contributed by atoms with van der Waals surface area (Å²) in [6, 6.07) is 12.6. The van der Waals surface area contributed by atoms with E-state index in [-0.39, 0.29) is 0 Å². The van der Waals surface area contributed by atoms with Crippen LogP contribution in [0.3, 0.4) is 0 Å². The van der Waals surface area contributed by atoms with Gasteiger partial charge in [-0.1, -0.05) is 18.2 Å². The summed E-state index contributed by atoms with van der Waals surface area (Å²) in [5.41, 5.74) is 2.99. The fraction of sp³-hybridized carbons (Fsp3) is 0.125. The maximum atomic E-state index is 10.8. The van der Waals surface area contributed by atoms with Gasteiger partial charge >= 0.3 is 0 Å². The van der Waals surface area contributed by atoms with Crippen LogP contribution in [0.4, 0.5) is 0 Å². The van der Waals surface area contributed by atoms with Gasteiger partial charge in [0.2, 0.25) is 0 Å². The molecule has 0 amide bonds. The molecule has 0 heterocycles. The van der Waals surface area contributed by atoms with Gasteiger partial charge in [-0.3, -0.25) is 4.79 Å². The third-order valence-electron chi connectivity index (χ3n) is 2.89. The molecule has 0 aromatic heterocycles. The van der Waals surface area contributed by atoms with Crippen molar-refractivity contribution in [3.8, 4) is 17.6 Å². The standard InChI is InChI=1S/C16H13NO2/c1-11-3-5-13(9-17)7-15(11)19-16-8-14(10-18)6-4-12(16)2/h3-8,10H,1-2H3. The summed E-state index contributed by atoms with van der Waals surface area (Å²) >= 11 is 0. The topological polar surface area (TPSA) is 50.1 Å². The number of benzene rings is 2. The van der Waals surface area contributed by atoms with Gasteiger partial charge in [-0.05, 0) is 43.2 Å². The molecule has 0 atom stereocenters. The number of hydrogen-bond donors (Lipinski definition) is 0. The van der Waals surface area contributed by atoms with Gasteiger partial charge in [0, 0.05) is 5.56 Å². The second kappa shape index (κ2) is 5.36. The molecule has 0 aliphatic carbocycles. The Morgan fingerprint density at radius 1 is 1.05 bits per heavy atom.